The van der Waals surface area contributed by atoms with E-state index in [1.165, 1.54) is 5.56 Å². The van der Waals surface area contributed by atoms with E-state index in [1.807, 2.05) is 72.4 Å². The van der Waals surface area contributed by atoms with Gasteiger partial charge in [-0.05, 0) is 63.0 Å². The van der Waals surface area contributed by atoms with Gasteiger partial charge in [0.25, 0.3) is 0 Å². The van der Waals surface area contributed by atoms with Crippen LogP contribution in [0.2, 0.25) is 0 Å². The summed E-state index contributed by atoms with van der Waals surface area (Å²) in [7, 11) is 3.81. The topological polar surface area (TPSA) is 52.7 Å². The molecule has 1 unspecified atom stereocenters. The Hall–Kier alpha value is -2.66. The number of anilines is 2. The van der Waals surface area contributed by atoms with E-state index in [0.29, 0.717) is 0 Å². The molecule has 2 aliphatic rings. The maximum atomic E-state index is 13.0. The number of rotatable bonds is 5. The minimum absolute atomic E-state index is 0.0768. The number of hydrogen-bond acceptors (Lipinski definition) is 3. The fourth-order valence-corrected chi connectivity index (χ4v) is 3.96. The summed E-state index contributed by atoms with van der Waals surface area (Å²) in [6.07, 6.45) is 3.97. The Morgan fingerprint density at radius 2 is 1.86 bits per heavy atom. The lowest BCUT2D eigenvalue weighted by Crippen LogP contribution is -2.36. The van der Waals surface area contributed by atoms with Gasteiger partial charge in [0.15, 0.2) is 0 Å². The fraction of sp³-hybridized carbons (Fsp3) is 0.391. The molecule has 1 atom stereocenters. The van der Waals surface area contributed by atoms with Gasteiger partial charge in [-0.2, -0.15) is 0 Å². The second-order valence-electron chi connectivity index (χ2n) is 7.98. The van der Waals surface area contributed by atoms with Crippen molar-refractivity contribution in [2.75, 3.05) is 30.9 Å². The number of hydrogen-bond donors (Lipinski definition) is 1. The molecule has 146 valence electrons. The number of benzene rings is 2. The molecule has 1 N–H and O–H groups in total. The number of fused-ring (bicyclic) bond motifs is 1. The predicted molar refractivity (Wildman–Crippen MR) is 111 cm³/mol. The molecule has 0 radical (unpaired) electrons. The van der Waals surface area contributed by atoms with Crippen molar-refractivity contribution >= 4 is 23.2 Å². The summed E-state index contributed by atoms with van der Waals surface area (Å²) in [6.45, 7) is 0.768. The molecule has 1 aliphatic carbocycles. The highest BCUT2D eigenvalue weighted by molar-refractivity contribution is 6.00. The number of nitrogens with zero attached hydrogens (tertiary/aromatic N) is 2. The molecule has 1 heterocycles. The van der Waals surface area contributed by atoms with Gasteiger partial charge in [-0.3, -0.25) is 14.5 Å². The van der Waals surface area contributed by atoms with Crippen molar-refractivity contribution in [3.63, 3.8) is 0 Å². The monoisotopic (exact) mass is 377 g/mol. The zero-order valence-corrected chi connectivity index (χ0v) is 16.5. The van der Waals surface area contributed by atoms with Crippen molar-refractivity contribution < 1.29 is 9.59 Å². The molecule has 1 saturated carbocycles. The molecule has 5 heteroatoms. The van der Waals surface area contributed by atoms with Crippen molar-refractivity contribution in [2.24, 2.45) is 5.92 Å². The van der Waals surface area contributed by atoms with E-state index in [1.54, 1.807) is 0 Å². The van der Waals surface area contributed by atoms with E-state index in [2.05, 4.69) is 5.32 Å². The van der Waals surface area contributed by atoms with Gasteiger partial charge >= 0.3 is 0 Å². The molecule has 28 heavy (non-hydrogen) atoms. The summed E-state index contributed by atoms with van der Waals surface area (Å²) in [6, 6.07) is 15.3. The lowest BCUT2D eigenvalue weighted by atomic mass is 10.00. The molecule has 1 aliphatic heterocycles. The van der Waals surface area contributed by atoms with Crippen LogP contribution < -0.4 is 10.2 Å². The minimum Gasteiger partial charge on any atom is -0.324 e. The summed E-state index contributed by atoms with van der Waals surface area (Å²) in [5, 5.41) is 3.06. The first-order valence-corrected chi connectivity index (χ1v) is 10.0. The molecular weight excluding hydrogens is 350 g/mol. The number of likely N-dealkylation sites (N-methyl/N-ethyl adjacent to an activating group) is 1. The van der Waals surface area contributed by atoms with Gasteiger partial charge in [-0.1, -0.05) is 36.4 Å². The Labute approximate surface area is 166 Å². The first kappa shape index (κ1) is 18.7. The van der Waals surface area contributed by atoms with Gasteiger partial charge in [-0.15, -0.1) is 0 Å². The predicted octanol–water partition coefficient (Wildman–Crippen LogP) is 3.62. The van der Waals surface area contributed by atoms with Crippen LogP contribution in [0.5, 0.6) is 0 Å². The number of aryl methyl sites for hydroxylation is 1. The summed E-state index contributed by atoms with van der Waals surface area (Å²) in [4.78, 5) is 29.5. The highest BCUT2D eigenvalue weighted by atomic mass is 16.2. The Morgan fingerprint density at radius 1 is 1.11 bits per heavy atom. The van der Waals surface area contributed by atoms with Crippen LogP contribution in [0.25, 0.3) is 0 Å². The maximum absolute atomic E-state index is 13.0. The standard InChI is InChI=1S/C23H27N3O2/c1-25(2)21(17-7-4-3-5-8-17)22(27)24-19-13-12-16-9-6-14-26(20(16)15-19)23(28)18-10-11-18/h3-5,7-8,12-13,15,18,21H,6,9-11,14H2,1-2H3,(H,24,27). The van der Waals surface area contributed by atoms with Crippen LogP contribution in [0.3, 0.4) is 0 Å². The van der Waals surface area contributed by atoms with Crippen LogP contribution in [0.4, 0.5) is 11.4 Å². The van der Waals surface area contributed by atoms with Gasteiger partial charge < -0.3 is 10.2 Å². The summed E-state index contributed by atoms with van der Waals surface area (Å²) in [5.41, 5.74) is 3.84. The summed E-state index contributed by atoms with van der Waals surface area (Å²) >= 11 is 0. The smallest absolute Gasteiger partial charge is 0.246 e. The Bertz CT molecular complexity index is 875. The lowest BCUT2D eigenvalue weighted by molar-refractivity contribution is -0.121. The second-order valence-corrected chi connectivity index (χ2v) is 7.98. The first-order valence-electron chi connectivity index (χ1n) is 10.0. The molecule has 5 nitrogen and oxygen atoms in total. The zero-order valence-electron chi connectivity index (χ0n) is 16.5. The Balaban J connectivity index is 1.57. The third-order valence-electron chi connectivity index (χ3n) is 5.54. The number of carbonyl (C=O) groups is 2. The lowest BCUT2D eigenvalue weighted by Gasteiger charge is -2.30. The molecule has 1 fully saturated rings. The molecule has 2 aromatic carbocycles. The van der Waals surface area contributed by atoms with Gasteiger partial charge in [-0.25, -0.2) is 0 Å². The minimum atomic E-state index is -0.374. The van der Waals surface area contributed by atoms with Crippen molar-refractivity contribution in [3.8, 4) is 0 Å². The van der Waals surface area contributed by atoms with Crippen molar-refractivity contribution in [1.82, 2.24) is 4.90 Å². The molecule has 2 amide bonds. The van der Waals surface area contributed by atoms with E-state index in [-0.39, 0.29) is 23.8 Å². The average Bonchev–Trinajstić information content (AvgIpc) is 3.53. The third-order valence-corrected chi connectivity index (χ3v) is 5.54. The molecule has 4 rings (SSSR count). The van der Waals surface area contributed by atoms with Crippen molar-refractivity contribution in [2.45, 2.75) is 31.7 Å². The normalized spacial score (nSPS) is 17.2. The third kappa shape index (κ3) is 3.80. The highest BCUT2D eigenvalue weighted by Gasteiger charge is 2.35. The fourth-order valence-electron chi connectivity index (χ4n) is 3.96. The van der Waals surface area contributed by atoms with Crippen molar-refractivity contribution in [1.29, 1.82) is 0 Å². The average molecular weight is 377 g/mol. The van der Waals surface area contributed by atoms with Gasteiger partial charge in [0.2, 0.25) is 11.8 Å². The first-order chi connectivity index (χ1) is 13.5. The van der Waals surface area contributed by atoms with Crippen LogP contribution in [-0.2, 0) is 16.0 Å². The summed E-state index contributed by atoms with van der Waals surface area (Å²) in [5.74, 6) is 0.354. The van der Waals surface area contributed by atoms with Crippen molar-refractivity contribution in [3.05, 3.63) is 59.7 Å². The Kier molecular flexibility index (Phi) is 5.18. The molecular formula is C23H27N3O2. The van der Waals surface area contributed by atoms with Gasteiger partial charge in [0, 0.05) is 23.8 Å². The Morgan fingerprint density at radius 3 is 2.54 bits per heavy atom. The molecule has 2 aromatic rings. The van der Waals surface area contributed by atoms with Crippen LogP contribution in [0.1, 0.15) is 36.4 Å². The van der Waals surface area contributed by atoms with E-state index in [4.69, 9.17) is 0 Å². The largest absolute Gasteiger partial charge is 0.324 e. The molecule has 0 saturated heterocycles. The quantitative estimate of drug-likeness (QED) is 0.866. The van der Waals surface area contributed by atoms with Gasteiger partial charge in [0.1, 0.15) is 6.04 Å². The van der Waals surface area contributed by atoms with Crippen LogP contribution in [-0.4, -0.2) is 37.4 Å². The highest BCUT2D eigenvalue weighted by Crippen LogP contribution is 2.37. The number of nitrogens with one attached hydrogen (secondary N) is 1. The van der Waals surface area contributed by atoms with E-state index >= 15 is 0 Å². The second kappa shape index (κ2) is 7.76. The van der Waals surface area contributed by atoms with Crippen LogP contribution in [0.15, 0.2) is 48.5 Å². The maximum Gasteiger partial charge on any atom is 0.246 e. The number of amides is 2. The van der Waals surface area contributed by atoms with Crippen LogP contribution >= 0.6 is 0 Å². The van der Waals surface area contributed by atoms with E-state index in [0.717, 1.165) is 49.2 Å². The number of carbonyl (C=O) groups excluding carboxylic acids is 2. The molecule has 0 bridgehead atoms. The van der Waals surface area contributed by atoms with E-state index in [9.17, 15) is 9.59 Å². The van der Waals surface area contributed by atoms with Gasteiger partial charge in [0.05, 0.1) is 0 Å². The zero-order chi connectivity index (χ0) is 19.7. The summed E-state index contributed by atoms with van der Waals surface area (Å²) < 4.78 is 0. The van der Waals surface area contributed by atoms with E-state index < -0.39 is 0 Å². The molecule has 0 spiro atoms. The van der Waals surface area contributed by atoms with Crippen LogP contribution in [0, 0.1) is 5.92 Å². The molecule has 0 aromatic heterocycles. The SMILES string of the molecule is CN(C)C(C(=O)Nc1ccc2c(c1)N(C(=O)C1CC1)CCC2)c1ccccc1.